The van der Waals surface area contributed by atoms with Gasteiger partial charge in [0.05, 0.1) is 0 Å². The summed E-state index contributed by atoms with van der Waals surface area (Å²) in [6, 6.07) is 5.09. The van der Waals surface area contributed by atoms with Crippen LogP contribution in [0.15, 0.2) is 24.3 Å². The Kier molecular flexibility index (Phi) is 10.6. The second kappa shape index (κ2) is 12.4. The maximum absolute atomic E-state index is 13.5. The zero-order valence-electron chi connectivity index (χ0n) is 20.0. The van der Waals surface area contributed by atoms with Crippen molar-refractivity contribution in [2.24, 2.45) is 0 Å². The zero-order chi connectivity index (χ0) is 24.5. The third-order valence-corrected chi connectivity index (χ3v) is 5.07. The third-order valence-electron chi connectivity index (χ3n) is 4.42. The van der Waals surface area contributed by atoms with Crippen molar-refractivity contribution in [3.8, 4) is 12.3 Å². The fraction of sp³-hybridized carbons (Fsp3) is 0.542. The molecule has 0 aliphatic rings. The van der Waals surface area contributed by atoms with Crippen LogP contribution in [-0.2, 0) is 14.3 Å². The van der Waals surface area contributed by atoms with Crippen LogP contribution in [0.25, 0.3) is 0 Å². The van der Waals surface area contributed by atoms with E-state index in [0.29, 0.717) is 23.3 Å². The Morgan fingerprint density at radius 2 is 1.81 bits per heavy atom. The largest absolute Gasteiger partial charge is 0.444 e. The monoisotopic (exact) mass is 461 g/mol. The fourth-order valence-electron chi connectivity index (χ4n) is 3.07. The van der Waals surface area contributed by atoms with Crippen LogP contribution in [0.3, 0.4) is 0 Å². The number of hydrogen-bond acceptors (Lipinski definition) is 5. The van der Waals surface area contributed by atoms with Gasteiger partial charge in [0.15, 0.2) is 0 Å². The summed E-state index contributed by atoms with van der Waals surface area (Å²) in [5.74, 6) is 2.48. The van der Waals surface area contributed by atoms with Crippen molar-refractivity contribution >= 4 is 29.7 Å². The van der Waals surface area contributed by atoms with E-state index in [2.05, 4.69) is 16.6 Å². The Bertz CT molecular complexity index is 842. The zero-order valence-corrected chi connectivity index (χ0v) is 20.8. The second-order valence-corrected chi connectivity index (χ2v) is 9.71. The van der Waals surface area contributed by atoms with Gasteiger partial charge in [-0.15, -0.1) is 6.42 Å². The molecule has 32 heavy (non-hydrogen) atoms. The molecule has 0 spiro atoms. The molecule has 3 amide bonds. The maximum atomic E-state index is 13.5. The molecule has 0 fully saturated rings. The first-order valence-corrected chi connectivity index (χ1v) is 11.9. The van der Waals surface area contributed by atoms with Gasteiger partial charge in [-0.25, -0.2) is 4.79 Å². The van der Waals surface area contributed by atoms with E-state index >= 15 is 0 Å². The summed E-state index contributed by atoms with van der Waals surface area (Å²) < 4.78 is 5.33. The Morgan fingerprint density at radius 1 is 1.19 bits per heavy atom. The van der Waals surface area contributed by atoms with Crippen molar-refractivity contribution in [1.82, 2.24) is 15.5 Å². The van der Waals surface area contributed by atoms with Gasteiger partial charge in [-0.05, 0) is 64.7 Å². The Labute approximate surface area is 196 Å². The summed E-state index contributed by atoms with van der Waals surface area (Å²) in [7, 11) is 1.54. The van der Waals surface area contributed by atoms with Crippen LogP contribution in [0, 0.1) is 12.3 Å². The molecule has 0 aliphatic heterocycles. The lowest BCUT2D eigenvalue weighted by molar-refractivity contribution is -0.141. The van der Waals surface area contributed by atoms with Crippen LogP contribution in [0.2, 0.25) is 0 Å². The molecule has 0 bridgehead atoms. The molecule has 1 rings (SSSR count). The first-order valence-electron chi connectivity index (χ1n) is 10.5. The first kappa shape index (κ1) is 27.4. The number of nitrogens with one attached hydrogen (secondary N) is 2. The molecule has 1 aromatic rings. The minimum atomic E-state index is -0.950. The Hall–Kier alpha value is -2.66. The van der Waals surface area contributed by atoms with Gasteiger partial charge in [0, 0.05) is 18.7 Å². The number of ether oxygens (including phenoxy) is 1. The predicted octanol–water partition coefficient (Wildman–Crippen LogP) is 3.34. The number of amides is 3. The van der Waals surface area contributed by atoms with Crippen LogP contribution in [0.1, 0.15) is 58.2 Å². The van der Waals surface area contributed by atoms with Gasteiger partial charge >= 0.3 is 6.09 Å². The van der Waals surface area contributed by atoms with Gasteiger partial charge in [-0.1, -0.05) is 24.1 Å². The fourth-order valence-corrected chi connectivity index (χ4v) is 3.54. The second-order valence-electron chi connectivity index (χ2n) is 8.73. The van der Waals surface area contributed by atoms with E-state index in [1.165, 1.54) is 4.90 Å². The van der Waals surface area contributed by atoms with Gasteiger partial charge in [0.1, 0.15) is 17.7 Å². The average Bonchev–Trinajstić information content (AvgIpc) is 2.69. The minimum absolute atomic E-state index is 0.126. The van der Waals surface area contributed by atoms with Crippen LogP contribution in [0.5, 0.6) is 0 Å². The molecule has 0 saturated heterocycles. The summed E-state index contributed by atoms with van der Waals surface area (Å²) in [5.41, 5.74) is 0.371. The van der Waals surface area contributed by atoms with Crippen LogP contribution >= 0.6 is 11.8 Å². The van der Waals surface area contributed by atoms with E-state index in [1.807, 2.05) is 20.1 Å². The van der Waals surface area contributed by atoms with Crippen molar-refractivity contribution in [3.05, 3.63) is 35.4 Å². The molecule has 0 aromatic heterocycles. The highest BCUT2D eigenvalue weighted by atomic mass is 32.2. The molecule has 2 N–H and O–H groups in total. The smallest absolute Gasteiger partial charge is 0.408 e. The Balaban J connectivity index is 3.29. The number of carbonyl (C=O) groups is 3. The normalized spacial score (nSPS) is 13.0. The molecular formula is C24H35N3O4S. The van der Waals surface area contributed by atoms with E-state index in [-0.39, 0.29) is 11.9 Å². The molecule has 2 atom stereocenters. The number of benzene rings is 1. The number of thioether (sulfide) groups is 1. The molecule has 176 valence electrons. The molecule has 7 nitrogen and oxygen atoms in total. The maximum Gasteiger partial charge on any atom is 0.408 e. The molecule has 0 aliphatic carbocycles. The van der Waals surface area contributed by atoms with Crippen LogP contribution in [-0.4, -0.2) is 59.5 Å². The standard InChI is InChI=1S/C24H35N3O4S/c1-9-17-12-10-11-13-18(17)20(21(28)25-16(2)3)27(7)22(29)19(14-15-32-8)26-23(30)31-24(4,5)6/h1,10-13,16,19-20H,14-15H2,2-8H3,(H,25,28)(H,26,30). The van der Waals surface area contributed by atoms with Crippen molar-refractivity contribution in [3.63, 3.8) is 0 Å². The van der Waals surface area contributed by atoms with Crippen molar-refractivity contribution < 1.29 is 19.1 Å². The summed E-state index contributed by atoms with van der Waals surface area (Å²) in [6.45, 7) is 8.94. The number of nitrogens with zero attached hydrogens (tertiary/aromatic N) is 1. The molecule has 1 aromatic carbocycles. The van der Waals surface area contributed by atoms with Gasteiger partial charge in [0.2, 0.25) is 11.8 Å². The summed E-state index contributed by atoms with van der Waals surface area (Å²) >= 11 is 1.56. The van der Waals surface area contributed by atoms with Gasteiger partial charge in [0.25, 0.3) is 0 Å². The number of rotatable bonds is 9. The van der Waals surface area contributed by atoms with Crippen LogP contribution in [0.4, 0.5) is 4.79 Å². The Morgan fingerprint density at radius 3 is 2.34 bits per heavy atom. The van der Waals surface area contributed by atoms with Crippen molar-refractivity contribution in [1.29, 1.82) is 0 Å². The van der Waals surface area contributed by atoms with E-state index < -0.39 is 29.7 Å². The van der Waals surface area contributed by atoms with Crippen LogP contribution < -0.4 is 10.6 Å². The van der Waals surface area contributed by atoms with Gasteiger partial charge in [-0.3, -0.25) is 9.59 Å². The molecular weight excluding hydrogens is 426 g/mol. The average molecular weight is 462 g/mol. The van der Waals surface area contributed by atoms with E-state index in [9.17, 15) is 14.4 Å². The van der Waals surface area contributed by atoms with E-state index in [4.69, 9.17) is 11.2 Å². The quantitative estimate of drug-likeness (QED) is 0.551. The van der Waals surface area contributed by atoms with Crippen molar-refractivity contribution in [2.75, 3.05) is 19.1 Å². The lowest BCUT2D eigenvalue weighted by Gasteiger charge is -2.32. The summed E-state index contributed by atoms with van der Waals surface area (Å²) in [6.07, 6.45) is 7.28. The molecule has 0 heterocycles. The molecule has 0 radical (unpaired) electrons. The minimum Gasteiger partial charge on any atom is -0.444 e. The lowest BCUT2D eigenvalue weighted by Crippen LogP contribution is -2.52. The number of terminal acetylenes is 1. The summed E-state index contributed by atoms with van der Waals surface area (Å²) in [4.78, 5) is 40.3. The van der Waals surface area contributed by atoms with E-state index in [0.717, 1.165) is 0 Å². The highest BCUT2D eigenvalue weighted by Gasteiger charge is 2.35. The highest BCUT2D eigenvalue weighted by molar-refractivity contribution is 7.98. The first-order chi connectivity index (χ1) is 14.9. The number of hydrogen-bond donors (Lipinski definition) is 2. The molecule has 2 unspecified atom stereocenters. The lowest BCUT2D eigenvalue weighted by atomic mass is 9.97. The predicted molar refractivity (Wildman–Crippen MR) is 129 cm³/mol. The van der Waals surface area contributed by atoms with Gasteiger partial charge in [-0.2, -0.15) is 11.8 Å². The molecule has 0 saturated carbocycles. The highest BCUT2D eigenvalue weighted by Crippen LogP contribution is 2.25. The number of carbonyl (C=O) groups excluding carboxylic acids is 3. The summed E-state index contributed by atoms with van der Waals surface area (Å²) in [5, 5.41) is 5.53. The number of likely N-dealkylation sites (N-methyl/N-ethyl adjacent to an activating group) is 1. The SMILES string of the molecule is C#Cc1ccccc1C(C(=O)NC(C)C)N(C)C(=O)C(CCSC)NC(=O)OC(C)(C)C. The number of alkyl carbamates (subject to hydrolysis) is 1. The van der Waals surface area contributed by atoms with Crippen molar-refractivity contribution in [2.45, 2.75) is 64.8 Å². The van der Waals surface area contributed by atoms with Gasteiger partial charge < -0.3 is 20.3 Å². The van der Waals surface area contributed by atoms with E-state index in [1.54, 1.807) is 63.8 Å². The topological polar surface area (TPSA) is 87.7 Å². The third kappa shape index (κ3) is 8.46. The molecule has 8 heteroatoms.